The predicted octanol–water partition coefficient (Wildman–Crippen LogP) is 13.5. The molecular weight excluding hydrogens is 693 g/mol. The second-order valence-electron chi connectivity index (χ2n) is 15.8. The summed E-state index contributed by atoms with van der Waals surface area (Å²) in [5.74, 6) is 1.61. The normalized spacial score (nSPS) is 14.2. The van der Waals surface area contributed by atoms with Crippen molar-refractivity contribution in [3.8, 4) is 28.5 Å². The summed E-state index contributed by atoms with van der Waals surface area (Å²) >= 11 is 0. The molecule has 0 saturated carbocycles. The van der Waals surface area contributed by atoms with E-state index in [1.807, 2.05) is 6.07 Å². The monoisotopic (exact) mass is 732 g/mol. The van der Waals surface area contributed by atoms with Gasteiger partial charge in [-0.2, -0.15) is 0 Å². The third-order valence-electron chi connectivity index (χ3n) is 12.1. The maximum absolute atomic E-state index is 5.33. The van der Waals surface area contributed by atoms with Gasteiger partial charge in [-0.1, -0.05) is 147 Å². The fourth-order valence-corrected chi connectivity index (χ4v) is 9.31. The van der Waals surface area contributed by atoms with Crippen LogP contribution < -0.4 is 4.90 Å². The standard InChI is InChI=1S/C53H40N4/c1-53(2)43-24-14-15-25-47(43)56(40-21-10-5-11-22-40)48-30-28-39(33-44(48)53)38-27-29-46-42(32-38)51-41-23-13-12-16-35(41)26-31-49(51)57(46)50-34-45(36-17-6-3-7-18-36)54-52(55-50)37-19-8-4-9-20-37/h3-26,28,30-34H,27,29H2,1-2H3. The molecule has 0 fully saturated rings. The van der Waals surface area contributed by atoms with Gasteiger partial charge in [-0.3, -0.25) is 4.57 Å². The number of allylic oxidation sites excluding steroid dienone is 1. The number of aromatic nitrogens is 3. The largest absolute Gasteiger partial charge is 0.310 e. The van der Waals surface area contributed by atoms with Crippen molar-refractivity contribution in [2.75, 3.05) is 4.90 Å². The second kappa shape index (κ2) is 13.0. The summed E-state index contributed by atoms with van der Waals surface area (Å²) < 4.78 is 2.41. The average molecular weight is 733 g/mol. The van der Waals surface area contributed by atoms with E-state index in [1.54, 1.807) is 0 Å². The first-order valence-electron chi connectivity index (χ1n) is 19.9. The molecule has 2 aromatic heterocycles. The van der Waals surface area contributed by atoms with Crippen LogP contribution in [0.5, 0.6) is 0 Å². The van der Waals surface area contributed by atoms with Crippen molar-refractivity contribution in [1.29, 1.82) is 0 Å². The zero-order valence-electron chi connectivity index (χ0n) is 32.0. The van der Waals surface area contributed by atoms with Crippen LogP contribution in [0.2, 0.25) is 0 Å². The summed E-state index contributed by atoms with van der Waals surface area (Å²) in [6.45, 7) is 4.75. The molecule has 0 saturated heterocycles. The molecule has 1 aliphatic heterocycles. The van der Waals surface area contributed by atoms with Crippen molar-refractivity contribution in [2.24, 2.45) is 0 Å². The lowest BCUT2D eigenvalue weighted by atomic mass is 9.72. The predicted molar refractivity (Wildman–Crippen MR) is 237 cm³/mol. The molecule has 0 spiro atoms. The zero-order chi connectivity index (χ0) is 38.1. The highest BCUT2D eigenvalue weighted by Crippen LogP contribution is 2.53. The van der Waals surface area contributed by atoms with E-state index in [9.17, 15) is 0 Å². The molecule has 0 bridgehead atoms. The lowest BCUT2D eigenvalue weighted by molar-refractivity contribution is 0.631. The van der Waals surface area contributed by atoms with Gasteiger partial charge in [-0.25, -0.2) is 9.97 Å². The molecule has 7 aromatic carbocycles. The maximum Gasteiger partial charge on any atom is 0.162 e. The lowest BCUT2D eigenvalue weighted by Crippen LogP contribution is -2.30. The third-order valence-corrected chi connectivity index (χ3v) is 12.1. The van der Waals surface area contributed by atoms with Gasteiger partial charge in [0, 0.05) is 44.9 Å². The van der Waals surface area contributed by atoms with Gasteiger partial charge in [0.2, 0.25) is 0 Å². The molecule has 57 heavy (non-hydrogen) atoms. The van der Waals surface area contributed by atoms with Crippen LogP contribution in [0.1, 0.15) is 48.2 Å². The molecule has 4 heteroatoms. The van der Waals surface area contributed by atoms with E-state index in [-0.39, 0.29) is 5.41 Å². The Morgan fingerprint density at radius 2 is 1.23 bits per heavy atom. The Labute approximate surface area is 333 Å². The summed E-state index contributed by atoms with van der Waals surface area (Å²) in [6.07, 6.45) is 4.28. The van der Waals surface area contributed by atoms with Crippen LogP contribution >= 0.6 is 0 Å². The number of rotatable bonds is 5. The van der Waals surface area contributed by atoms with Crippen LogP contribution in [-0.2, 0) is 11.8 Å². The van der Waals surface area contributed by atoms with Crippen LogP contribution in [0.15, 0.2) is 176 Å². The van der Waals surface area contributed by atoms with Gasteiger partial charge in [0.1, 0.15) is 5.82 Å². The van der Waals surface area contributed by atoms with Crippen molar-refractivity contribution < 1.29 is 0 Å². The van der Waals surface area contributed by atoms with Crippen LogP contribution in [0.25, 0.3) is 61.8 Å². The Morgan fingerprint density at radius 3 is 2.04 bits per heavy atom. The average Bonchev–Trinajstić information content (AvgIpc) is 3.61. The minimum Gasteiger partial charge on any atom is -0.310 e. The Bertz CT molecular complexity index is 2970. The smallest absolute Gasteiger partial charge is 0.162 e. The van der Waals surface area contributed by atoms with Crippen LogP contribution in [0, 0.1) is 0 Å². The van der Waals surface area contributed by atoms with E-state index < -0.39 is 0 Å². The summed E-state index contributed by atoms with van der Waals surface area (Å²) in [6, 6.07) is 63.1. The molecule has 3 heterocycles. The second-order valence-corrected chi connectivity index (χ2v) is 15.8. The Hall–Kier alpha value is -7.04. The molecule has 1 aliphatic carbocycles. The van der Waals surface area contributed by atoms with Gasteiger partial charge >= 0.3 is 0 Å². The fraction of sp³-hybridized carbons (Fsp3) is 0.0943. The number of anilines is 3. The number of hydrogen-bond donors (Lipinski definition) is 0. The summed E-state index contributed by atoms with van der Waals surface area (Å²) in [7, 11) is 0. The van der Waals surface area contributed by atoms with E-state index in [1.165, 1.54) is 66.7 Å². The SMILES string of the molecule is CC1(C)c2ccccc2N(c2ccccc2)c2ccc(C3=Cc4c(n(-c5cc(-c6ccccc6)nc(-c6ccccc6)n5)c5ccc6ccccc6c45)CC3)cc21. The Balaban J connectivity index is 1.12. The fourth-order valence-electron chi connectivity index (χ4n) is 9.31. The van der Waals surface area contributed by atoms with Crippen molar-refractivity contribution >= 4 is 50.4 Å². The highest BCUT2D eigenvalue weighted by atomic mass is 15.2. The van der Waals surface area contributed by atoms with Crippen molar-refractivity contribution in [3.63, 3.8) is 0 Å². The molecule has 0 unspecified atom stereocenters. The molecule has 0 atom stereocenters. The van der Waals surface area contributed by atoms with Crippen molar-refractivity contribution in [1.82, 2.24) is 14.5 Å². The van der Waals surface area contributed by atoms with Crippen LogP contribution in [0.3, 0.4) is 0 Å². The molecule has 2 aliphatic rings. The van der Waals surface area contributed by atoms with Crippen LogP contribution in [0.4, 0.5) is 17.1 Å². The first-order chi connectivity index (χ1) is 28.0. The van der Waals surface area contributed by atoms with Gasteiger partial charge in [0.05, 0.1) is 22.6 Å². The number of nitrogens with zero attached hydrogens (tertiary/aromatic N) is 4. The van der Waals surface area contributed by atoms with Gasteiger partial charge in [0.25, 0.3) is 0 Å². The van der Waals surface area contributed by atoms with Gasteiger partial charge in [-0.05, 0) is 88.4 Å². The Morgan fingerprint density at radius 1 is 0.544 bits per heavy atom. The molecule has 11 rings (SSSR count). The zero-order valence-corrected chi connectivity index (χ0v) is 32.0. The molecule has 272 valence electrons. The van der Waals surface area contributed by atoms with E-state index in [0.29, 0.717) is 0 Å². The summed E-state index contributed by atoms with van der Waals surface area (Å²) in [5.41, 5.74) is 15.5. The highest BCUT2D eigenvalue weighted by Gasteiger charge is 2.37. The van der Waals surface area contributed by atoms with Gasteiger partial charge < -0.3 is 4.90 Å². The number of para-hydroxylation sites is 2. The van der Waals surface area contributed by atoms with E-state index in [0.717, 1.165) is 46.8 Å². The number of benzene rings is 7. The Kier molecular flexibility index (Phi) is 7.62. The van der Waals surface area contributed by atoms with E-state index >= 15 is 0 Å². The first kappa shape index (κ1) is 33.3. The molecule has 4 nitrogen and oxygen atoms in total. The van der Waals surface area contributed by atoms with Crippen molar-refractivity contribution in [3.05, 3.63) is 204 Å². The molecular formula is C53H40N4. The maximum atomic E-state index is 5.33. The molecule has 0 radical (unpaired) electrons. The summed E-state index contributed by atoms with van der Waals surface area (Å²) in [4.78, 5) is 12.9. The topological polar surface area (TPSA) is 34.0 Å². The molecule has 0 N–H and O–H groups in total. The quantitative estimate of drug-likeness (QED) is 0.177. The number of hydrogen-bond acceptors (Lipinski definition) is 3. The minimum absolute atomic E-state index is 0.181. The van der Waals surface area contributed by atoms with Gasteiger partial charge in [-0.15, -0.1) is 0 Å². The molecule has 0 amide bonds. The third kappa shape index (κ3) is 5.36. The van der Waals surface area contributed by atoms with Crippen LogP contribution in [-0.4, -0.2) is 14.5 Å². The number of fused-ring (bicyclic) bond motifs is 7. The van der Waals surface area contributed by atoms with Gasteiger partial charge in [0.15, 0.2) is 5.82 Å². The minimum atomic E-state index is -0.181. The lowest BCUT2D eigenvalue weighted by Gasteiger charge is -2.42. The summed E-state index contributed by atoms with van der Waals surface area (Å²) in [5, 5.41) is 3.76. The van der Waals surface area contributed by atoms with Crippen molar-refractivity contribution in [2.45, 2.75) is 32.1 Å². The molecule has 9 aromatic rings. The highest BCUT2D eigenvalue weighted by molar-refractivity contribution is 6.13. The van der Waals surface area contributed by atoms with E-state index in [2.05, 4.69) is 199 Å². The first-order valence-corrected chi connectivity index (χ1v) is 19.9. The van der Waals surface area contributed by atoms with E-state index in [4.69, 9.17) is 9.97 Å².